The average molecular weight is 288 g/mol. The molecule has 116 valence electrons. The molecule has 1 aromatic rings. The third kappa shape index (κ3) is 3.65. The second-order valence-electron chi connectivity index (χ2n) is 6.56. The zero-order valence-corrected chi connectivity index (χ0v) is 13.2. The molecule has 2 fully saturated rings. The maximum atomic E-state index is 10.4. The minimum absolute atomic E-state index is 0.353. The van der Waals surface area contributed by atoms with Crippen molar-refractivity contribution < 1.29 is 5.11 Å². The summed E-state index contributed by atoms with van der Waals surface area (Å²) in [4.78, 5) is 5.07. The van der Waals surface area contributed by atoms with Gasteiger partial charge in [0.15, 0.2) is 0 Å². The molecule has 2 aliphatic rings. The van der Waals surface area contributed by atoms with E-state index in [1.54, 1.807) is 0 Å². The highest BCUT2D eigenvalue weighted by Gasteiger charge is 2.30. The molecule has 0 amide bonds. The van der Waals surface area contributed by atoms with E-state index < -0.39 is 0 Å². The molecule has 1 aromatic carbocycles. The molecular weight excluding hydrogens is 260 g/mol. The van der Waals surface area contributed by atoms with Gasteiger partial charge in [0.1, 0.15) is 0 Å². The van der Waals surface area contributed by atoms with Gasteiger partial charge in [0, 0.05) is 19.1 Å². The molecule has 3 rings (SSSR count). The fourth-order valence-corrected chi connectivity index (χ4v) is 3.71. The quantitative estimate of drug-likeness (QED) is 0.901. The summed E-state index contributed by atoms with van der Waals surface area (Å²) < 4.78 is 0. The van der Waals surface area contributed by atoms with E-state index in [0.29, 0.717) is 0 Å². The van der Waals surface area contributed by atoms with Crippen LogP contribution in [-0.2, 0) is 6.42 Å². The summed E-state index contributed by atoms with van der Waals surface area (Å²) in [5, 5.41) is 10.4. The number of hydrogen-bond donors (Lipinski definition) is 1. The molecule has 0 aromatic heterocycles. The molecule has 2 atom stereocenters. The molecule has 0 bridgehead atoms. The van der Waals surface area contributed by atoms with Crippen LogP contribution in [0.1, 0.15) is 43.4 Å². The molecule has 0 radical (unpaired) electrons. The lowest BCUT2D eigenvalue weighted by Gasteiger charge is -2.24. The van der Waals surface area contributed by atoms with Gasteiger partial charge in [-0.25, -0.2) is 0 Å². The van der Waals surface area contributed by atoms with Gasteiger partial charge in [0.2, 0.25) is 0 Å². The van der Waals surface area contributed by atoms with E-state index in [0.717, 1.165) is 37.7 Å². The van der Waals surface area contributed by atoms with E-state index in [9.17, 15) is 5.11 Å². The summed E-state index contributed by atoms with van der Waals surface area (Å²) >= 11 is 0. The first-order valence-electron chi connectivity index (χ1n) is 8.49. The monoisotopic (exact) mass is 288 g/mol. The van der Waals surface area contributed by atoms with Crippen LogP contribution in [0, 0.1) is 0 Å². The lowest BCUT2D eigenvalue weighted by molar-refractivity contribution is 0.120. The summed E-state index contributed by atoms with van der Waals surface area (Å²) in [5.74, 6) is 0. The second kappa shape index (κ2) is 6.91. The lowest BCUT2D eigenvalue weighted by atomic mass is 10.1. The first-order valence-corrected chi connectivity index (χ1v) is 8.49. The molecule has 21 heavy (non-hydrogen) atoms. The first kappa shape index (κ1) is 15.0. The predicted molar refractivity (Wildman–Crippen MR) is 86.4 cm³/mol. The largest absolute Gasteiger partial charge is 0.387 e. The zero-order chi connectivity index (χ0) is 14.7. The summed E-state index contributed by atoms with van der Waals surface area (Å²) in [5.41, 5.74) is 2.39. The van der Waals surface area contributed by atoms with Crippen molar-refractivity contribution in [3.05, 3.63) is 35.4 Å². The normalized spacial score (nSPS) is 25.5. The third-order valence-electron chi connectivity index (χ3n) is 5.11. The standard InChI is InChI=1S/C18H28N2O/c1-2-15-5-7-16(8-6-15)18(21)14-19-12-9-17(13-19)20-10-3-4-11-20/h5-8,17-18,21H,2-4,9-14H2,1H3. The molecule has 0 saturated carbocycles. The molecule has 2 aliphatic heterocycles. The van der Waals surface area contributed by atoms with Crippen LogP contribution >= 0.6 is 0 Å². The predicted octanol–water partition coefficient (Wildman–Crippen LogP) is 2.45. The van der Waals surface area contributed by atoms with Crippen LogP contribution in [0.15, 0.2) is 24.3 Å². The fourth-order valence-electron chi connectivity index (χ4n) is 3.71. The molecule has 3 heteroatoms. The number of aryl methyl sites for hydroxylation is 1. The van der Waals surface area contributed by atoms with E-state index in [1.807, 2.05) is 0 Å². The number of nitrogens with zero attached hydrogens (tertiary/aromatic N) is 2. The van der Waals surface area contributed by atoms with E-state index in [2.05, 4.69) is 41.0 Å². The minimum atomic E-state index is -0.353. The Hall–Kier alpha value is -0.900. The number of β-amino-alcohol motifs (C(OH)–C–C–N with tert-alkyl or cyclic N) is 1. The van der Waals surface area contributed by atoms with Crippen LogP contribution in [0.3, 0.4) is 0 Å². The van der Waals surface area contributed by atoms with Crippen molar-refractivity contribution in [1.29, 1.82) is 0 Å². The molecule has 2 unspecified atom stereocenters. The fraction of sp³-hybridized carbons (Fsp3) is 0.667. The Kier molecular flexibility index (Phi) is 4.94. The third-order valence-corrected chi connectivity index (χ3v) is 5.11. The summed E-state index contributed by atoms with van der Waals surface area (Å²) in [6, 6.07) is 9.15. The van der Waals surface area contributed by atoms with Gasteiger partial charge in [-0.1, -0.05) is 31.2 Å². The van der Waals surface area contributed by atoms with Crippen LogP contribution in [0.2, 0.25) is 0 Å². The highest BCUT2D eigenvalue weighted by atomic mass is 16.3. The molecule has 2 saturated heterocycles. The Morgan fingerprint density at radius 2 is 1.86 bits per heavy atom. The van der Waals surface area contributed by atoms with E-state index in [1.165, 1.54) is 37.9 Å². The summed E-state index contributed by atoms with van der Waals surface area (Å²) in [6.07, 6.45) is 4.70. The van der Waals surface area contributed by atoms with Crippen LogP contribution < -0.4 is 0 Å². The number of hydrogen-bond acceptors (Lipinski definition) is 3. The Morgan fingerprint density at radius 3 is 2.52 bits per heavy atom. The van der Waals surface area contributed by atoms with Crippen molar-refractivity contribution in [2.24, 2.45) is 0 Å². The van der Waals surface area contributed by atoms with Crippen molar-refractivity contribution in [2.45, 2.75) is 44.8 Å². The molecule has 2 heterocycles. The highest BCUT2D eigenvalue weighted by Crippen LogP contribution is 2.23. The number of likely N-dealkylation sites (tertiary alicyclic amines) is 2. The lowest BCUT2D eigenvalue weighted by Crippen LogP contribution is -2.36. The van der Waals surface area contributed by atoms with Crippen molar-refractivity contribution in [2.75, 3.05) is 32.7 Å². The maximum absolute atomic E-state index is 10.4. The highest BCUT2D eigenvalue weighted by molar-refractivity contribution is 5.24. The molecule has 1 N–H and O–H groups in total. The molecule has 0 spiro atoms. The molecular formula is C18H28N2O. The topological polar surface area (TPSA) is 26.7 Å². The van der Waals surface area contributed by atoms with Crippen molar-refractivity contribution in [1.82, 2.24) is 9.80 Å². The van der Waals surface area contributed by atoms with Gasteiger partial charge in [-0.05, 0) is 56.4 Å². The number of benzene rings is 1. The Morgan fingerprint density at radius 1 is 1.14 bits per heavy atom. The number of rotatable bonds is 5. The van der Waals surface area contributed by atoms with E-state index in [4.69, 9.17) is 0 Å². The van der Waals surface area contributed by atoms with Gasteiger partial charge in [-0.3, -0.25) is 9.80 Å². The van der Waals surface area contributed by atoms with Crippen molar-refractivity contribution in [3.8, 4) is 0 Å². The molecule has 0 aliphatic carbocycles. The average Bonchev–Trinajstić information content (AvgIpc) is 3.18. The van der Waals surface area contributed by atoms with Gasteiger partial charge in [0.05, 0.1) is 6.10 Å². The smallest absolute Gasteiger partial charge is 0.0916 e. The Labute approximate surface area is 128 Å². The summed E-state index contributed by atoms with van der Waals surface area (Å²) in [7, 11) is 0. The second-order valence-corrected chi connectivity index (χ2v) is 6.56. The Bertz CT molecular complexity index is 439. The Balaban J connectivity index is 1.51. The van der Waals surface area contributed by atoms with Gasteiger partial charge in [-0.15, -0.1) is 0 Å². The summed E-state index contributed by atoms with van der Waals surface area (Å²) in [6.45, 7) is 7.75. The zero-order valence-electron chi connectivity index (χ0n) is 13.2. The number of aliphatic hydroxyl groups excluding tert-OH is 1. The van der Waals surface area contributed by atoms with Gasteiger partial charge in [0.25, 0.3) is 0 Å². The van der Waals surface area contributed by atoms with Crippen LogP contribution in [0.25, 0.3) is 0 Å². The van der Waals surface area contributed by atoms with Gasteiger partial charge >= 0.3 is 0 Å². The number of aliphatic hydroxyl groups is 1. The first-order chi connectivity index (χ1) is 10.3. The van der Waals surface area contributed by atoms with Crippen LogP contribution in [-0.4, -0.2) is 53.7 Å². The maximum Gasteiger partial charge on any atom is 0.0916 e. The van der Waals surface area contributed by atoms with Crippen LogP contribution in [0.4, 0.5) is 0 Å². The molecule has 3 nitrogen and oxygen atoms in total. The SMILES string of the molecule is CCc1ccc(C(O)CN2CCC(N3CCCC3)C2)cc1. The van der Waals surface area contributed by atoms with Crippen LogP contribution in [0.5, 0.6) is 0 Å². The van der Waals surface area contributed by atoms with Crippen molar-refractivity contribution in [3.63, 3.8) is 0 Å². The van der Waals surface area contributed by atoms with E-state index >= 15 is 0 Å². The van der Waals surface area contributed by atoms with Crippen molar-refractivity contribution >= 4 is 0 Å². The van der Waals surface area contributed by atoms with Gasteiger partial charge < -0.3 is 5.11 Å². The van der Waals surface area contributed by atoms with Gasteiger partial charge in [-0.2, -0.15) is 0 Å². The van der Waals surface area contributed by atoms with E-state index in [-0.39, 0.29) is 6.10 Å². The minimum Gasteiger partial charge on any atom is -0.387 e.